The summed E-state index contributed by atoms with van der Waals surface area (Å²) in [5.41, 5.74) is 10.7. The average Bonchev–Trinajstić information content (AvgIpc) is 3.39. The molecule has 5 rings (SSSR count). The SMILES string of the molecule is Cc1occ(-c2ccc(C(=O)N3Cc4cccn4-c4ccccc43)cc2)c1C(N)=O. The van der Waals surface area contributed by atoms with Gasteiger partial charge >= 0.3 is 0 Å². The molecule has 30 heavy (non-hydrogen) atoms. The maximum Gasteiger partial charge on any atom is 0.258 e. The Labute approximate surface area is 173 Å². The minimum absolute atomic E-state index is 0.0834. The number of anilines is 1. The van der Waals surface area contributed by atoms with Gasteiger partial charge in [-0.15, -0.1) is 0 Å². The van der Waals surface area contributed by atoms with E-state index in [2.05, 4.69) is 4.57 Å². The summed E-state index contributed by atoms with van der Waals surface area (Å²) in [6, 6.07) is 19.0. The minimum atomic E-state index is -0.538. The van der Waals surface area contributed by atoms with Crippen molar-refractivity contribution in [2.75, 3.05) is 4.90 Å². The number of aryl methyl sites for hydroxylation is 1. The highest BCUT2D eigenvalue weighted by Gasteiger charge is 2.27. The van der Waals surface area contributed by atoms with Crippen molar-refractivity contribution in [1.29, 1.82) is 0 Å². The van der Waals surface area contributed by atoms with Gasteiger partial charge in [0.2, 0.25) is 0 Å². The smallest absolute Gasteiger partial charge is 0.258 e. The predicted molar refractivity (Wildman–Crippen MR) is 114 cm³/mol. The number of amides is 2. The third kappa shape index (κ3) is 2.73. The first-order chi connectivity index (χ1) is 14.5. The molecule has 4 aromatic rings. The second-order valence-electron chi connectivity index (χ2n) is 7.27. The number of aromatic nitrogens is 1. The Morgan fingerprint density at radius 2 is 1.70 bits per heavy atom. The van der Waals surface area contributed by atoms with Gasteiger partial charge in [-0.1, -0.05) is 24.3 Å². The molecule has 0 saturated heterocycles. The van der Waals surface area contributed by atoms with E-state index in [1.54, 1.807) is 24.0 Å². The molecule has 0 fully saturated rings. The highest BCUT2D eigenvalue weighted by molar-refractivity contribution is 6.08. The van der Waals surface area contributed by atoms with E-state index in [1.165, 1.54) is 6.26 Å². The number of nitrogens with zero attached hydrogens (tertiary/aromatic N) is 2. The van der Waals surface area contributed by atoms with E-state index in [4.69, 9.17) is 10.2 Å². The van der Waals surface area contributed by atoms with Gasteiger partial charge in [0.15, 0.2) is 0 Å². The van der Waals surface area contributed by atoms with Gasteiger partial charge in [-0.05, 0) is 48.9 Å². The molecule has 6 heteroatoms. The fraction of sp³-hybridized carbons (Fsp3) is 0.0833. The Morgan fingerprint density at radius 3 is 2.43 bits per heavy atom. The largest absolute Gasteiger partial charge is 0.468 e. The van der Waals surface area contributed by atoms with Crippen LogP contribution in [-0.4, -0.2) is 16.4 Å². The van der Waals surface area contributed by atoms with Crippen LogP contribution >= 0.6 is 0 Å². The number of hydrogen-bond donors (Lipinski definition) is 1. The van der Waals surface area contributed by atoms with E-state index >= 15 is 0 Å². The van der Waals surface area contributed by atoms with Gasteiger partial charge in [-0.2, -0.15) is 0 Å². The van der Waals surface area contributed by atoms with Gasteiger partial charge in [0.05, 0.1) is 29.7 Å². The summed E-state index contributed by atoms with van der Waals surface area (Å²) < 4.78 is 7.48. The lowest BCUT2D eigenvalue weighted by Crippen LogP contribution is -2.34. The Bertz CT molecular complexity index is 1280. The maximum absolute atomic E-state index is 13.3. The van der Waals surface area contributed by atoms with E-state index in [-0.39, 0.29) is 5.91 Å². The van der Waals surface area contributed by atoms with E-state index in [0.717, 1.165) is 22.6 Å². The number of nitrogens with two attached hydrogens (primary N) is 1. The van der Waals surface area contributed by atoms with Crippen molar-refractivity contribution in [2.24, 2.45) is 5.73 Å². The van der Waals surface area contributed by atoms with E-state index in [9.17, 15) is 9.59 Å². The zero-order valence-corrected chi connectivity index (χ0v) is 16.3. The van der Waals surface area contributed by atoms with Crippen molar-refractivity contribution >= 4 is 17.5 Å². The van der Waals surface area contributed by atoms with Crippen molar-refractivity contribution in [3.63, 3.8) is 0 Å². The summed E-state index contributed by atoms with van der Waals surface area (Å²) >= 11 is 0. The quantitative estimate of drug-likeness (QED) is 0.559. The molecule has 1 aliphatic rings. The molecule has 0 bridgehead atoms. The second-order valence-corrected chi connectivity index (χ2v) is 7.27. The number of carbonyl (C=O) groups is 2. The van der Waals surface area contributed by atoms with Crippen LogP contribution in [0.1, 0.15) is 32.2 Å². The number of carbonyl (C=O) groups excluding carboxylic acids is 2. The van der Waals surface area contributed by atoms with Crippen LogP contribution in [0.15, 0.2) is 77.5 Å². The van der Waals surface area contributed by atoms with Crippen LogP contribution in [0, 0.1) is 6.92 Å². The Hall–Kier alpha value is -4.06. The molecular formula is C24H19N3O3. The first-order valence-corrected chi connectivity index (χ1v) is 9.60. The van der Waals surface area contributed by atoms with Gasteiger partial charge in [-0.25, -0.2) is 0 Å². The van der Waals surface area contributed by atoms with Crippen LogP contribution in [0.5, 0.6) is 0 Å². The van der Waals surface area contributed by atoms with E-state index < -0.39 is 5.91 Å². The molecule has 2 aromatic carbocycles. The Kier molecular flexibility index (Phi) is 4.06. The van der Waals surface area contributed by atoms with Crippen molar-refractivity contribution < 1.29 is 14.0 Å². The molecule has 0 aliphatic carbocycles. The molecule has 1 aliphatic heterocycles. The van der Waals surface area contributed by atoms with E-state index in [1.807, 2.05) is 54.7 Å². The highest BCUT2D eigenvalue weighted by Crippen LogP contribution is 2.34. The fourth-order valence-corrected chi connectivity index (χ4v) is 4.03. The monoisotopic (exact) mass is 397 g/mol. The molecular weight excluding hydrogens is 378 g/mol. The first-order valence-electron chi connectivity index (χ1n) is 9.60. The lowest BCUT2D eigenvalue weighted by Gasteiger charge is -2.31. The molecule has 0 atom stereocenters. The van der Waals surface area contributed by atoms with Crippen LogP contribution in [-0.2, 0) is 6.54 Å². The number of rotatable bonds is 3. The second kappa shape index (κ2) is 6.77. The number of furan rings is 1. The summed E-state index contributed by atoms with van der Waals surface area (Å²) in [5.74, 6) is -0.144. The fourth-order valence-electron chi connectivity index (χ4n) is 4.03. The van der Waals surface area contributed by atoms with Crippen LogP contribution in [0.4, 0.5) is 5.69 Å². The van der Waals surface area contributed by atoms with Gasteiger partial charge < -0.3 is 19.6 Å². The molecule has 0 radical (unpaired) electrons. The summed E-state index contributed by atoms with van der Waals surface area (Å²) in [6.45, 7) is 2.20. The lowest BCUT2D eigenvalue weighted by molar-refractivity contribution is 0.0980. The third-order valence-corrected chi connectivity index (χ3v) is 5.49. The zero-order valence-electron chi connectivity index (χ0n) is 16.3. The van der Waals surface area contributed by atoms with Gasteiger partial charge in [0.25, 0.3) is 11.8 Å². The standard InChI is InChI=1S/C24H19N3O3/c1-15-22(23(25)28)19(14-30-15)16-8-10-17(11-9-16)24(29)27-13-18-5-4-12-26(18)20-6-2-3-7-21(20)27/h2-12,14H,13H2,1H3,(H2,25,28). The third-order valence-electron chi connectivity index (χ3n) is 5.49. The van der Waals surface area contributed by atoms with Crippen molar-refractivity contribution in [2.45, 2.75) is 13.5 Å². The molecule has 2 amide bonds. The van der Waals surface area contributed by atoms with Crippen LogP contribution in [0.2, 0.25) is 0 Å². The molecule has 0 saturated carbocycles. The Morgan fingerprint density at radius 1 is 0.967 bits per heavy atom. The molecule has 0 spiro atoms. The molecule has 6 nitrogen and oxygen atoms in total. The first kappa shape index (κ1) is 18.0. The lowest BCUT2D eigenvalue weighted by atomic mass is 10.0. The maximum atomic E-state index is 13.3. The molecule has 2 aromatic heterocycles. The number of para-hydroxylation sites is 2. The highest BCUT2D eigenvalue weighted by atomic mass is 16.3. The Balaban J connectivity index is 1.49. The summed E-state index contributed by atoms with van der Waals surface area (Å²) in [5, 5.41) is 0. The summed E-state index contributed by atoms with van der Waals surface area (Å²) in [4.78, 5) is 26.9. The number of benzene rings is 2. The average molecular weight is 397 g/mol. The van der Waals surface area contributed by atoms with Crippen molar-refractivity contribution in [3.8, 4) is 16.8 Å². The van der Waals surface area contributed by atoms with Crippen LogP contribution in [0.3, 0.4) is 0 Å². The number of hydrogen-bond acceptors (Lipinski definition) is 3. The van der Waals surface area contributed by atoms with Crippen LogP contribution in [0.25, 0.3) is 16.8 Å². The van der Waals surface area contributed by atoms with Crippen molar-refractivity contribution in [3.05, 3.63) is 95.7 Å². The topological polar surface area (TPSA) is 81.5 Å². The zero-order chi connectivity index (χ0) is 20.8. The van der Waals surface area contributed by atoms with Gasteiger partial charge in [0.1, 0.15) is 5.76 Å². The molecule has 3 heterocycles. The number of fused-ring (bicyclic) bond motifs is 3. The molecule has 0 unspecified atom stereocenters. The normalized spacial score (nSPS) is 12.4. The minimum Gasteiger partial charge on any atom is -0.468 e. The summed E-state index contributed by atoms with van der Waals surface area (Å²) in [7, 11) is 0. The van der Waals surface area contributed by atoms with Gasteiger partial charge in [0, 0.05) is 23.0 Å². The summed E-state index contributed by atoms with van der Waals surface area (Å²) in [6.07, 6.45) is 3.52. The predicted octanol–water partition coefficient (Wildman–Crippen LogP) is 4.31. The van der Waals surface area contributed by atoms with E-state index in [0.29, 0.717) is 29.0 Å². The molecule has 148 valence electrons. The van der Waals surface area contributed by atoms with Crippen LogP contribution < -0.4 is 10.6 Å². The molecule has 2 N–H and O–H groups in total. The van der Waals surface area contributed by atoms with Crippen molar-refractivity contribution in [1.82, 2.24) is 4.57 Å². The van der Waals surface area contributed by atoms with Gasteiger partial charge in [-0.3, -0.25) is 9.59 Å². The number of primary amides is 1.